The molecule has 0 aromatic carbocycles. The molecule has 16 N–H and O–H groups in total. The molecular weight excluding hydrogens is 416 g/mol. The molecule has 0 bridgehead atoms. The number of hydrogen-bond acceptors (Lipinski definition) is 10. The summed E-state index contributed by atoms with van der Waals surface area (Å²) in [6.45, 7) is 0. The molecule has 0 radical (unpaired) electrons. The van der Waals surface area contributed by atoms with Crippen molar-refractivity contribution >= 4 is 57.8 Å². The molecule has 0 aliphatic heterocycles. The molecule has 0 aliphatic rings. The minimum atomic E-state index is -4.67. The van der Waals surface area contributed by atoms with Crippen molar-refractivity contribution in [3.8, 4) is 0 Å². The maximum atomic E-state index is 10.7. The van der Waals surface area contributed by atoms with Crippen LogP contribution in [0.1, 0.15) is 0 Å². The van der Waals surface area contributed by atoms with Crippen LogP contribution in [-0.2, 0) is 10.4 Å². The maximum Gasteiger partial charge on any atom is 0.394 e. The van der Waals surface area contributed by atoms with E-state index in [2.05, 4.69) is 44.4 Å². The van der Waals surface area contributed by atoms with Gasteiger partial charge in [0.2, 0.25) is 0 Å². The first-order valence-electron chi connectivity index (χ1n) is 5.67. The van der Waals surface area contributed by atoms with Gasteiger partial charge in [0.05, 0.1) is 0 Å². The first-order chi connectivity index (χ1) is 11.2. The van der Waals surface area contributed by atoms with Crippen molar-refractivity contribution in [2.75, 3.05) is 22.9 Å². The van der Waals surface area contributed by atoms with Crippen LogP contribution in [0.15, 0.2) is 9.59 Å². The smallest absolute Gasteiger partial charge is 0.394 e. The van der Waals surface area contributed by atoms with E-state index in [-0.39, 0.29) is 38.0 Å². The Bertz CT molecular complexity index is 987. The van der Waals surface area contributed by atoms with Crippen molar-refractivity contribution in [1.82, 2.24) is 19.9 Å². The van der Waals surface area contributed by atoms with Crippen LogP contribution in [0.3, 0.4) is 0 Å². The predicted molar refractivity (Wildman–Crippen MR) is 99.9 cm³/mol. The number of aromatic nitrogens is 4. The normalized spacial score (nSPS) is 9.62. The molecule has 148 valence electrons. The van der Waals surface area contributed by atoms with E-state index in [1.807, 2.05) is 0 Å². The lowest BCUT2D eigenvalue weighted by molar-refractivity contribution is 0.381. The Balaban J connectivity index is 0. The highest BCUT2D eigenvalue weighted by Gasteiger charge is 1.97. The molecule has 2 rings (SSSR count). The lowest BCUT2D eigenvalue weighted by Gasteiger charge is -1.95. The molecule has 0 unspecified atom stereocenters. The number of aromatic amines is 4. The highest BCUT2D eigenvalue weighted by Crippen LogP contribution is 2.00. The molecule has 0 atom stereocenters. The first-order valence-corrected chi connectivity index (χ1v) is 7.88. The van der Waals surface area contributed by atoms with E-state index in [0.717, 1.165) is 0 Å². The van der Waals surface area contributed by atoms with E-state index in [1.165, 1.54) is 0 Å². The Labute approximate surface area is 154 Å². The molecule has 26 heavy (non-hydrogen) atoms. The maximum absolute atomic E-state index is 10.7. The summed E-state index contributed by atoms with van der Waals surface area (Å²) in [6, 6.07) is 0. The summed E-state index contributed by atoms with van der Waals surface area (Å²) < 4.78 is 31.9. The third kappa shape index (κ3) is 10.2. The zero-order chi connectivity index (χ0) is 19.9. The summed E-state index contributed by atoms with van der Waals surface area (Å²) in [6.07, 6.45) is 0. The minimum Gasteiger partial charge on any atom is -0.412 e. The van der Waals surface area contributed by atoms with Crippen molar-refractivity contribution in [3.05, 3.63) is 30.2 Å². The number of anilines is 4. The zero-order valence-corrected chi connectivity index (χ0v) is 15.0. The first kappa shape index (κ1) is 25.5. The van der Waals surface area contributed by atoms with Gasteiger partial charge < -0.3 is 38.4 Å². The van der Waals surface area contributed by atoms with Gasteiger partial charge in [0.25, 0.3) is 11.1 Å². The van der Waals surface area contributed by atoms with Crippen LogP contribution in [-0.4, -0.2) is 42.9 Å². The average Bonchev–Trinajstić information content (AvgIpc) is 2.40. The molecule has 0 fully saturated rings. The van der Waals surface area contributed by atoms with Crippen molar-refractivity contribution < 1.29 is 23.0 Å². The van der Waals surface area contributed by atoms with Gasteiger partial charge in [-0.15, -0.1) is 0 Å². The number of H-pyrrole nitrogens is 4. The van der Waals surface area contributed by atoms with Gasteiger partial charge in [-0.1, -0.05) is 0 Å². The number of nitrogens with one attached hydrogen (secondary N) is 4. The van der Waals surface area contributed by atoms with Crippen LogP contribution in [0, 0.1) is 9.54 Å². The third-order valence-electron chi connectivity index (χ3n) is 2.02. The summed E-state index contributed by atoms with van der Waals surface area (Å²) in [4.78, 5) is 31.0. The van der Waals surface area contributed by atoms with Gasteiger partial charge in [0.1, 0.15) is 23.0 Å². The van der Waals surface area contributed by atoms with Crippen LogP contribution in [0.5, 0.6) is 0 Å². The van der Waals surface area contributed by atoms with E-state index < -0.39 is 21.5 Å². The second-order valence-electron chi connectivity index (χ2n) is 3.92. The van der Waals surface area contributed by atoms with Crippen molar-refractivity contribution in [1.29, 1.82) is 0 Å². The number of rotatable bonds is 0. The second-order valence-corrected chi connectivity index (χ2v) is 5.63. The van der Waals surface area contributed by atoms with E-state index in [9.17, 15) is 9.59 Å². The molecule has 0 amide bonds. The summed E-state index contributed by atoms with van der Waals surface area (Å²) in [5, 5.41) is 0. The predicted octanol–water partition coefficient (Wildman–Crippen LogP) is -2.28. The summed E-state index contributed by atoms with van der Waals surface area (Å²) in [5.41, 5.74) is 19.9. The number of nitrogen functional groups attached to an aromatic ring is 4. The van der Waals surface area contributed by atoms with E-state index in [1.54, 1.807) is 0 Å². The Morgan fingerprint density at radius 3 is 1.15 bits per heavy atom. The lowest BCUT2D eigenvalue weighted by Crippen LogP contribution is -2.15. The second kappa shape index (κ2) is 10.3. The topological polar surface area (TPSA) is 307 Å². The van der Waals surface area contributed by atoms with Gasteiger partial charge >= 0.3 is 10.4 Å². The van der Waals surface area contributed by atoms with Crippen molar-refractivity contribution in [3.63, 3.8) is 0 Å². The molecule has 0 spiro atoms. The number of hydrogen-bond donors (Lipinski definition) is 10. The molecule has 2 heterocycles. The quantitative estimate of drug-likeness (QED) is 0.155. The lowest BCUT2D eigenvalue weighted by atomic mass is 10.5. The highest BCUT2D eigenvalue weighted by molar-refractivity contribution is 7.79. The SMILES string of the molecule is Nc1[nH]c(=S)[nH]c(=O)c1N.Nc1[nH]c(=S)[nH]c(=O)c1N.O.O=S(=O)(O)O. The van der Waals surface area contributed by atoms with Gasteiger partial charge in [0, 0.05) is 0 Å². The fourth-order valence-corrected chi connectivity index (χ4v) is 1.43. The van der Waals surface area contributed by atoms with Gasteiger partial charge in [-0.3, -0.25) is 28.7 Å². The van der Waals surface area contributed by atoms with Gasteiger partial charge in [-0.2, -0.15) is 8.42 Å². The fourth-order valence-electron chi connectivity index (χ4n) is 1.03. The Kier molecular flexibility index (Phi) is 10.1. The third-order valence-corrected chi connectivity index (χ3v) is 2.43. The van der Waals surface area contributed by atoms with E-state index in [4.69, 9.17) is 40.5 Å². The number of nitrogens with two attached hydrogens (primary N) is 4. The minimum absolute atomic E-state index is 0. The molecule has 2 aromatic heterocycles. The van der Waals surface area contributed by atoms with Crippen LogP contribution in [0.4, 0.5) is 23.0 Å². The highest BCUT2D eigenvalue weighted by atomic mass is 32.3. The monoisotopic (exact) mass is 432 g/mol. The van der Waals surface area contributed by atoms with E-state index >= 15 is 0 Å². The zero-order valence-electron chi connectivity index (χ0n) is 12.6. The van der Waals surface area contributed by atoms with Crippen molar-refractivity contribution in [2.24, 2.45) is 0 Å². The van der Waals surface area contributed by atoms with Crippen LogP contribution in [0.25, 0.3) is 0 Å². The summed E-state index contributed by atoms with van der Waals surface area (Å²) in [7, 11) is -4.67. The van der Waals surface area contributed by atoms with Gasteiger partial charge in [-0.25, -0.2) is 0 Å². The molecule has 2 aromatic rings. The molecule has 0 aliphatic carbocycles. The molecule has 0 saturated carbocycles. The largest absolute Gasteiger partial charge is 0.412 e. The molecule has 15 nitrogen and oxygen atoms in total. The molecule has 0 saturated heterocycles. The van der Waals surface area contributed by atoms with Crippen molar-refractivity contribution in [2.45, 2.75) is 0 Å². The summed E-state index contributed by atoms with van der Waals surface area (Å²) in [5.74, 6) is 0.211. The molecular formula is C8H16N8O7S3. The van der Waals surface area contributed by atoms with Crippen LogP contribution < -0.4 is 34.1 Å². The average molecular weight is 432 g/mol. The Morgan fingerprint density at radius 2 is 0.962 bits per heavy atom. The van der Waals surface area contributed by atoms with Crippen LogP contribution >= 0.6 is 24.4 Å². The van der Waals surface area contributed by atoms with E-state index in [0.29, 0.717) is 0 Å². The Morgan fingerprint density at radius 1 is 0.731 bits per heavy atom. The summed E-state index contributed by atoms with van der Waals surface area (Å²) >= 11 is 9.20. The van der Waals surface area contributed by atoms with Crippen LogP contribution in [0.2, 0.25) is 0 Å². The van der Waals surface area contributed by atoms with Gasteiger partial charge in [0.15, 0.2) is 9.54 Å². The standard InChI is InChI=1S/2C4H6N4OS.H2O4S.H2O/c2*5-1-2(6)7-4(10)8-3(1)9;1-5(2,3)4;/h2*5H2,(H4,6,7,8,9,10);(H2,1,2,3,4);1H2. The Hall–Kier alpha value is -2.77. The molecule has 18 heteroatoms. The fraction of sp³-hybridized carbons (Fsp3) is 0. The van der Waals surface area contributed by atoms with Gasteiger partial charge in [-0.05, 0) is 24.4 Å².